The molecule has 1 aromatic carbocycles. The van der Waals surface area contributed by atoms with E-state index in [2.05, 4.69) is 0 Å². The number of thioether (sulfide) groups is 1. The van der Waals surface area contributed by atoms with Crippen LogP contribution in [0.15, 0.2) is 29.2 Å². The van der Waals surface area contributed by atoms with Gasteiger partial charge in [0, 0.05) is 18.1 Å². The average Bonchev–Trinajstić information content (AvgIpc) is 3.08. The van der Waals surface area contributed by atoms with E-state index in [1.807, 2.05) is 0 Å². The zero-order valence-corrected chi connectivity index (χ0v) is 16.8. The summed E-state index contributed by atoms with van der Waals surface area (Å²) in [5.74, 6) is -1.07. The van der Waals surface area contributed by atoms with Gasteiger partial charge in [0.15, 0.2) is 9.84 Å². The second kappa shape index (κ2) is 7.65. The molecule has 3 amide bonds. The van der Waals surface area contributed by atoms with Crippen molar-refractivity contribution < 1.29 is 22.8 Å². The Morgan fingerprint density at radius 1 is 1.41 bits per heavy atom. The maximum absolute atomic E-state index is 12.5. The van der Waals surface area contributed by atoms with E-state index in [1.165, 1.54) is 11.9 Å². The van der Waals surface area contributed by atoms with Crippen LogP contribution in [0.3, 0.4) is 0 Å². The van der Waals surface area contributed by atoms with E-state index >= 15 is 0 Å². The molecule has 10 heteroatoms. The van der Waals surface area contributed by atoms with Gasteiger partial charge in [0.25, 0.3) is 11.1 Å². The summed E-state index contributed by atoms with van der Waals surface area (Å²) in [7, 11) is -1.64. The quantitative estimate of drug-likeness (QED) is 0.681. The summed E-state index contributed by atoms with van der Waals surface area (Å²) >= 11 is 6.68. The van der Waals surface area contributed by atoms with E-state index < -0.39 is 39.5 Å². The third-order valence-corrected chi connectivity index (χ3v) is 7.36. The smallest absolute Gasteiger partial charge is 0.294 e. The van der Waals surface area contributed by atoms with Gasteiger partial charge in [-0.15, -0.1) is 0 Å². The maximum Gasteiger partial charge on any atom is 0.294 e. The molecule has 0 spiro atoms. The Bertz CT molecular complexity index is 944. The second-order valence-corrected chi connectivity index (χ2v) is 10.0. The Labute approximate surface area is 166 Å². The van der Waals surface area contributed by atoms with Gasteiger partial charge in [-0.1, -0.05) is 23.7 Å². The fraction of sp³-hybridized carbons (Fsp3) is 0.353. The fourth-order valence-corrected chi connectivity index (χ4v) is 5.73. The minimum Gasteiger partial charge on any atom is -0.340 e. The van der Waals surface area contributed by atoms with Crippen LogP contribution in [0.2, 0.25) is 5.02 Å². The van der Waals surface area contributed by atoms with Crippen molar-refractivity contribution in [3.8, 4) is 0 Å². The summed E-state index contributed by atoms with van der Waals surface area (Å²) < 4.78 is 23.2. The second-order valence-electron chi connectivity index (χ2n) is 6.38. The lowest BCUT2D eigenvalue weighted by atomic mass is 10.2. The van der Waals surface area contributed by atoms with Crippen molar-refractivity contribution in [2.24, 2.45) is 0 Å². The van der Waals surface area contributed by atoms with Crippen molar-refractivity contribution in [3.05, 3.63) is 39.8 Å². The molecule has 0 aromatic heterocycles. The standard InChI is InChI=1S/C17H17ClN2O5S2/c1-19(13-5-6-27(24,25)10-13)15(21)9-20-16(22)14(26-17(20)23)8-11-3-2-4-12(18)7-11/h2-4,7-8,13H,5-6,9-10H2,1H3/b14-8+/t13-/m0/s1. The summed E-state index contributed by atoms with van der Waals surface area (Å²) in [5.41, 5.74) is 0.674. The molecule has 2 heterocycles. The Morgan fingerprint density at radius 2 is 2.15 bits per heavy atom. The molecule has 0 bridgehead atoms. The average molecular weight is 429 g/mol. The van der Waals surface area contributed by atoms with E-state index in [0.717, 1.165) is 16.7 Å². The van der Waals surface area contributed by atoms with Crippen molar-refractivity contribution >= 4 is 56.3 Å². The summed E-state index contributed by atoms with van der Waals surface area (Å²) in [5, 5.41) is -0.0274. The van der Waals surface area contributed by atoms with Crippen molar-refractivity contribution in [3.63, 3.8) is 0 Å². The number of hydrogen-bond donors (Lipinski definition) is 0. The minimum atomic E-state index is -3.14. The first-order valence-electron chi connectivity index (χ1n) is 8.13. The largest absolute Gasteiger partial charge is 0.340 e. The van der Waals surface area contributed by atoms with Crippen LogP contribution in [0.4, 0.5) is 4.79 Å². The van der Waals surface area contributed by atoms with Crippen LogP contribution >= 0.6 is 23.4 Å². The number of amides is 3. The molecule has 27 heavy (non-hydrogen) atoms. The molecule has 144 valence electrons. The highest BCUT2D eigenvalue weighted by Crippen LogP contribution is 2.32. The molecule has 0 N–H and O–H groups in total. The van der Waals surface area contributed by atoms with E-state index in [1.54, 1.807) is 30.3 Å². The van der Waals surface area contributed by atoms with Crippen LogP contribution in [0.25, 0.3) is 6.08 Å². The maximum atomic E-state index is 12.5. The Balaban J connectivity index is 1.69. The molecule has 1 aromatic rings. The number of sulfone groups is 1. The molecule has 0 aliphatic carbocycles. The van der Waals surface area contributed by atoms with Gasteiger partial charge in [-0.3, -0.25) is 19.3 Å². The van der Waals surface area contributed by atoms with Gasteiger partial charge >= 0.3 is 0 Å². The summed E-state index contributed by atoms with van der Waals surface area (Å²) in [6.45, 7) is -0.412. The number of halogens is 1. The van der Waals surface area contributed by atoms with Gasteiger partial charge in [-0.05, 0) is 42.0 Å². The number of likely N-dealkylation sites (N-methyl/N-ethyl adjacent to an activating group) is 1. The lowest BCUT2D eigenvalue weighted by Crippen LogP contribution is -2.45. The number of benzene rings is 1. The van der Waals surface area contributed by atoms with E-state index in [9.17, 15) is 22.8 Å². The Kier molecular flexibility index (Phi) is 5.64. The zero-order chi connectivity index (χ0) is 19.8. The van der Waals surface area contributed by atoms with Gasteiger partial charge < -0.3 is 4.90 Å². The van der Waals surface area contributed by atoms with Crippen molar-refractivity contribution in [2.45, 2.75) is 12.5 Å². The number of hydrogen-bond acceptors (Lipinski definition) is 6. The van der Waals surface area contributed by atoms with Gasteiger partial charge in [0.05, 0.1) is 16.4 Å². The molecule has 2 aliphatic rings. The van der Waals surface area contributed by atoms with Gasteiger partial charge in [-0.25, -0.2) is 8.42 Å². The third-order valence-electron chi connectivity index (χ3n) is 4.46. The molecule has 1 atom stereocenters. The predicted octanol–water partition coefficient (Wildman–Crippen LogP) is 2.02. The van der Waals surface area contributed by atoms with Crippen LogP contribution in [0, 0.1) is 0 Å². The Hall–Kier alpha value is -1.84. The first-order chi connectivity index (χ1) is 12.7. The third kappa shape index (κ3) is 4.53. The van der Waals surface area contributed by atoms with Crippen LogP contribution < -0.4 is 0 Å². The van der Waals surface area contributed by atoms with E-state index in [-0.39, 0.29) is 16.4 Å². The SMILES string of the molecule is CN(C(=O)CN1C(=O)S/C(=C/c2cccc(Cl)c2)C1=O)[C@H]1CCS(=O)(=O)C1. The predicted molar refractivity (Wildman–Crippen MR) is 104 cm³/mol. The number of carbonyl (C=O) groups is 3. The van der Waals surface area contributed by atoms with Crippen molar-refractivity contribution in [1.29, 1.82) is 0 Å². The molecule has 2 saturated heterocycles. The summed E-state index contributed by atoms with van der Waals surface area (Å²) in [4.78, 5) is 39.5. The lowest BCUT2D eigenvalue weighted by molar-refractivity contribution is -0.136. The monoisotopic (exact) mass is 428 g/mol. The van der Waals surface area contributed by atoms with Crippen LogP contribution in [0.5, 0.6) is 0 Å². The molecular formula is C17H17ClN2O5S2. The van der Waals surface area contributed by atoms with Crippen LogP contribution in [0.1, 0.15) is 12.0 Å². The molecular weight excluding hydrogens is 412 g/mol. The number of rotatable bonds is 4. The van der Waals surface area contributed by atoms with Crippen molar-refractivity contribution in [1.82, 2.24) is 9.80 Å². The highest BCUT2D eigenvalue weighted by atomic mass is 35.5. The van der Waals surface area contributed by atoms with E-state index in [0.29, 0.717) is 17.0 Å². The van der Waals surface area contributed by atoms with Gasteiger partial charge in [-0.2, -0.15) is 0 Å². The van der Waals surface area contributed by atoms with Crippen molar-refractivity contribution in [2.75, 3.05) is 25.1 Å². The lowest BCUT2D eigenvalue weighted by Gasteiger charge is -2.25. The minimum absolute atomic E-state index is 0.0409. The highest BCUT2D eigenvalue weighted by Gasteiger charge is 2.39. The molecule has 2 aliphatic heterocycles. The van der Waals surface area contributed by atoms with Gasteiger partial charge in [0.2, 0.25) is 5.91 Å². The number of carbonyl (C=O) groups excluding carboxylic acids is 3. The first-order valence-corrected chi connectivity index (χ1v) is 11.1. The van der Waals surface area contributed by atoms with Crippen LogP contribution in [-0.2, 0) is 19.4 Å². The molecule has 0 unspecified atom stereocenters. The summed E-state index contributed by atoms with van der Waals surface area (Å²) in [6.07, 6.45) is 1.91. The normalized spacial score (nSPS) is 23.3. The molecule has 7 nitrogen and oxygen atoms in total. The first kappa shape index (κ1) is 19.9. The highest BCUT2D eigenvalue weighted by molar-refractivity contribution is 8.18. The Morgan fingerprint density at radius 3 is 2.78 bits per heavy atom. The zero-order valence-electron chi connectivity index (χ0n) is 14.4. The fourth-order valence-electron chi connectivity index (χ4n) is 2.92. The number of imide groups is 1. The van der Waals surface area contributed by atoms with E-state index in [4.69, 9.17) is 11.6 Å². The van der Waals surface area contributed by atoms with Crippen LogP contribution in [-0.4, -0.2) is 66.4 Å². The number of nitrogens with zero attached hydrogens (tertiary/aromatic N) is 2. The molecule has 2 fully saturated rings. The van der Waals surface area contributed by atoms with Gasteiger partial charge in [0.1, 0.15) is 6.54 Å². The molecule has 0 saturated carbocycles. The molecule has 3 rings (SSSR count). The molecule has 0 radical (unpaired) electrons. The topological polar surface area (TPSA) is 91.8 Å². The summed E-state index contributed by atoms with van der Waals surface area (Å²) in [6, 6.07) is 6.41.